The molecule has 0 aliphatic rings. The van der Waals surface area contributed by atoms with Crippen LogP contribution in [-0.2, 0) is 13.5 Å². The summed E-state index contributed by atoms with van der Waals surface area (Å²) < 4.78 is 1.79. The van der Waals surface area contributed by atoms with Crippen LogP contribution in [0, 0.1) is 0 Å². The molecule has 1 heterocycles. The lowest BCUT2D eigenvalue weighted by atomic mass is 10.0. The smallest absolute Gasteiger partial charge is 0.0797 e. The minimum absolute atomic E-state index is 0.143. The molecule has 3 nitrogen and oxygen atoms in total. The maximum Gasteiger partial charge on any atom is 0.0797 e. The fourth-order valence-corrected chi connectivity index (χ4v) is 2.37. The molecule has 1 unspecified atom stereocenters. The summed E-state index contributed by atoms with van der Waals surface area (Å²) in [6.07, 6.45) is 2.71. The van der Waals surface area contributed by atoms with Crippen LogP contribution in [0.2, 0.25) is 10.0 Å². The van der Waals surface area contributed by atoms with Crippen molar-refractivity contribution in [2.24, 2.45) is 7.05 Å². The number of aryl methyl sites for hydroxylation is 1. The van der Waals surface area contributed by atoms with E-state index in [4.69, 9.17) is 23.2 Å². The van der Waals surface area contributed by atoms with Crippen molar-refractivity contribution in [3.05, 3.63) is 51.8 Å². The number of halogens is 2. The Morgan fingerprint density at radius 3 is 2.67 bits per heavy atom. The molecule has 18 heavy (non-hydrogen) atoms. The second-order valence-electron chi connectivity index (χ2n) is 4.20. The minimum atomic E-state index is 0.143. The molecule has 5 heteroatoms. The number of hydrogen-bond acceptors (Lipinski definition) is 2. The normalized spacial score (nSPS) is 12.7. The first-order valence-electron chi connectivity index (χ1n) is 5.71. The van der Waals surface area contributed by atoms with E-state index in [1.54, 1.807) is 10.7 Å². The zero-order valence-corrected chi connectivity index (χ0v) is 11.8. The Bertz CT molecular complexity index is 537. The Hall–Kier alpha value is -1.03. The Balaban J connectivity index is 2.20. The van der Waals surface area contributed by atoms with Gasteiger partial charge < -0.3 is 5.32 Å². The van der Waals surface area contributed by atoms with Crippen LogP contribution in [-0.4, -0.2) is 16.8 Å². The second-order valence-corrected chi connectivity index (χ2v) is 5.04. The SMILES string of the molecule is CNC(Cc1ccc(Cl)cc1Cl)c1ccn(C)n1. The molecule has 1 N–H and O–H groups in total. The molecular formula is C13H15Cl2N3. The van der Waals surface area contributed by atoms with Gasteiger partial charge in [0, 0.05) is 23.3 Å². The van der Waals surface area contributed by atoms with E-state index in [2.05, 4.69) is 10.4 Å². The van der Waals surface area contributed by atoms with Gasteiger partial charge in [-0.2, -0.15) is 5.10 Å². The highest BCUT2D eigenvalue weighted by Gasteiger charge is 2.14. The molecule has 96 valence electrons. The van der Waals surface area contributed by atoms with Gasteiger partial charge in [-0.1, -0.05) is 29.3 Å². The van der Waals surface area contributed by atoms with Crippen molar-refractivity contribution >= 4 is 23.2 Å². The van der Waals surface area contributed by atoms with E-state index in [9.17, 15) is 0 Å². The third kappa shape index (κ3) is 3.05. The second kappa shape index (κ2) is 5.74. The molecular weight excluding hydrogens is 269 g/mol. The van der Waals surface area contributed by atoms with Crippen molar-refractivity contribution in [2.45, 2.75) is 12.5 Å². The first-order chi connectivity index (χ1) is 8.60. The molecule has 0 amide bonds. The summed E-state index contributed by atoms with van der Waals surface area (Å²) in [6, 6.07) is 7.73. The van der Waals surface area contributed by atoms with Crippen LogP contribution in [0.25, 0.3) is 0 Å². The predicted octanol–water partition coefficient (Wildman–Crippen LogP) is 3.23. The number of rotatable bonds is 4. The monoisotopic (exact) mass is 283 g/mol. The summed E-state index contributed by atoms with van der Waals surface area (Å²) in [5.41, 5.74) is 2.07. The third-order valence-corrected chi connectivity index (χ3v) is 3.47. The summed E-state index contributed by atoms with van der Waals surface area (Å²) in [6.45, 7) is 0. The summed E-state index contributed by atoms with van der Waals surface area (Å²) in [7, 11) is 3.83. The van der Waals surface area contributed by atoms with Crippen molar-refractivity contribution in [1.29, 1.82) is 0 Å². The summed E-state index contributed by atoms with van der Waals surface area (Å²) in [4.78, 5) is 0. The fourth-order valence-electron chi connectivity index (χ4n) is 1.88. The highest BCUT2D eigenvalue weighted by molar-refractivity contribution is 6.35. The van der Waals surface area contributed by atoms with Gasteiger partial charge in [-0.15, -0.1) is 0 Å². The van der Waals surface area contributed by atoms with Crippen LogP contribution in [0.15, 0.2) is 30.5 Å². The maximum absolute atomic E-state index is 6.19. The van der Waals surface area contributed by atoms with Crippen molar-refractivity contribution in [3.63, 3.8) is 0 Å². The van der Waals surface area contributed by atoms with Gasteiger partial charge >= 0.3 is 0 Å². The van der Waals surface area contributed by atoms with E-state index in [0.717, 1.165) is 17.7 Å². The molecule has 0 saturated heterocycles. The molecule has 0 fully saturated rings. The molecule has 0 aliphatic carbocycles. The van der Waals surface area contributed by atoms with Gasteiger partial charge in [0.1, 0.15) is 0 Å². The van der Waals surface area contributed by atoms with E-state index in [-0.39, 0.29) is 6.04 Å². The molecule has 1 aromatic carbocycles. The average molecular weight is 284 g/mol. The summed E-state index contributed by atoms with van der Waals surface area (Å²) in [5, 5.41) is 9.01. The van der Waals surface area contributed by atoms with Crippen LogP contribution in [0.1, 0.15) is 17.3 Å². The molecule has 0 aliphatic heterocycles. The summed E-state index contributed by atoms with van der Waals surface area (Å²) >= 11 is 12.1. The first-order valence-corrected chi connectivity index (χ1v) is 6.46. The minimum Gasteiger partial charge on any atom is -0.311 e. The van der Waals surface area contributed by atoms with E-state index < -0.39 is 0 Å². The van der Waals surface area contributed by atoms with Gasteiger partial charge in [0.2, 0.25) is 0 Å². The largest absolute Gasteiger partial charge is 0.311 e. The van der Waals surface area contributed by atoms with Gasteiger partial charge in [-0.3, -0.25) is 4.68 Å². The van der Waals surface area contributed by atoms with Gasteiger partial charge in [0.25, 0.3) is 0 Å². The lowest BCUT2D eigenvalue weighted by Gasteiger charge is -2.15. The quantitative estimate of drug-likeness (QED) is 0.934. The lowest BCUT2D eigenvalue weighted by molar-refractivity contribution is 0.563. The number of aromatic nitrogens is 2. The van der Waals surface area contributed by atoms with Gasteiger partial charge in [0.15, 0.2) is 0 Å². The molecule has 1 aromatic heterocycles. The van der Waals surface area contributed by atoms with Gasteiger partial charge in [-0.25, -0.2) is 0 Å². The first kappa shape index (κ1) is 13.4. The number of hydrogen-bond donors (Lipinski definition) is 1. The number of likely N-dealkylation sites (N-methyl/N-ethyl adjacent to an activating group) is 1. The highest BCUT2D eigenvalue weighted by Crippen LogP contribution is 2.25. The Labute approximate surface area is 117 Å². The molecule has 2 rings (SSSR count). The van der Waals surface area contributed by atoms with E-state index in [0.29, 0.717) is 10.0 Å². The lowest BCUT2D eigenvalue weighted by Crippen LogP contribution is -2.19. The maximum atomic E-state index is 6.19. The van der Waals surface area contributed by atoms with Gasteiger partial charge in [-0.05, 0) is 37.2 Å². The van der Waals surface area contributed by atoms with E-state index in [1.165, 1.54) is 0 Å². The number of nitrogens with one attached hydrogen (secondary N) is 1. The van der Waals surface area contributed by atoms with Crippen molar-refractivity contribution in [1.82, 2.24) is 15.1 Å². The zero-order chi connectivity index (χ0) is 13.1. The molecule has 0 bridgehead atoms. The molecule has 0 spiro atoms. The van der Waals surface area contributed by atoms with E-state index >= 15 is 0 Å². The van der Waals surface area contributed by atoms with Crippen LogP contribution < -0.4 is 5.32 Å². The van der Waals surface area contributed by atoms with Crippen LogP contribution in [0.5, 0.6) is 0 Å². The Morgan fingerprint density at radius 2 is 2.11 bits per heavy atom. The van der Waals surface area contributed by atoms with Crippen molar-refractivity contribution < 1.29 is 0 Å². The average Bonchev–Trinajstić information content (AvgIpc) is 2.75. The molecule has 0 radical (unpaired) electrons. The molecule has 2 aromatic rings. The fraction of sp³-hybridized carbons (Fsp3) is 0.308. The highest BCUT2D eigenvalue weighted by atomic mass is 35.5. The molecule has 0 saturated carbocycles. The molecule has 1 atom stereocenters. The van der Waals surface area contributed by atoms with Gasteiger partial charge in [0.05, 0.1) is 11.7 Å². The van der Waals surface area contributed by atoms with Crippen LogP contribution in [0.4, 0.5) is 0 Å². The van der Waals surface area contributed by atoms with E-state index in [1.807, 2.05) is 38.5 Å². The van der Waals surface area contributed by atoms with Crippen LogP contribution >= 0.6 is 23.2 Å². The predicted molar refractivity (Wildman–Crippen MR) is 75.2 cm³/mol. The topological polar surface area (TPSA) is 29.9 Å². The zero-order valence-electron chi connectivity index (χ0n) is 10.3. The van der Waals surface area contributed by atoms with Crippen LogP contribution in [0.3, 0.4) is 0 Å². The standard InChI is InChI=1S/C13H15Cl2N3/c1-16-13(12-5-6-18(2)17-12)7-9-3-4-10(14)8-11(9)15/h3-6,8,13,16H,7H2,1-2H3. The number of nitrogens with zero attached hydrogens (tertiary/aromatic N) is 2. The van der Waals surface area contributed by atoms with Crippen molar-refractivity contribution in [2.75, 3.05) is 7.05 Å². The third-order valence-electron chi connectivity index (χ3n) is 2.88. The Kier molecular flexibility index (Phi) is 4.27. The number of benzene rings is 1. The Morgan fingerprint density at radius 1 is 1.33 bits per heavy atom. The van der Waals surface area contributed by atoms with Crippen molar-refractivity contribution in [3.8, 4) is 0 Å². The summed E-state index contributed by atoms with van der Waals surface area (Å²) in [5.74, 6) is 0.